The van der Waals surface area contributed by atoms with E-state index < -0.39 is 10.8 Å². The van der Waals surface area contributed by atoms with Gasteiger partial charge in [-0.15, -0.1) is 0 Å². The normalized spacial score (nSPS) is 14.2. The average molecular weight is 938 g/mol. The molecule has 0 radical (unpaired) electrons. The molecule has 13 aromatic rings. The summed E-state index contributed by atoms with van der Waals surface area (Å²) in [6, 6.07) is 97.6. The van der Waals surface area contributed by atoms with Crippen molar-refractivity contribution in [2.45, 2.75) is 10.8 Å². The van der Waals surface area contributed by atoms with Crippen molar-refractivity contribution in [3.8, 4) is 55.6 Å². The molecule has 0 bridgehead atoms. The first-order valence-corrected chi connectivity index (χ1v) is 25.8. The van der Waals surface area contributed by atoms with Crippen LogP contribution in [0.15, 0.2) is 265 Å². The lowest BCUT2D eigenvalue weighted by atomic mass is 9.70. The van der Waals surface area contributed by atoms with E-state index in [2.05, 4.69) is 266 Å². The number of furan rings is 1. The van der Waals surface area contributed by atoms with Crippen LogP contribution in [0.2, 0.25) is 0 Å². The van der Waals surface area contributed by atoms with Crippen molar-refractivity contribution in [1.82, 2.24) is 0 Å². The second-order valence-electron chi connectivity index (χ2n) is 20.5. The molecule has 342 valence electrons. The van der Waals surface area contributed by atoms with Gasteiger partial charge in [-0.2, -0.15) is 0 Å². The Kier molecular flexibility index (Phi) is 7.90. The number of fused-ring (bicyclic) bond motifs is 25. The molecule has 74 heavy (non-hydrogen) atoms. The van der Waals surface area contributed by atoms with E-state index in [1.807, 2.05) is 0 Å². The summed E-state index contributed by atoms with van der Waals surface area (Å²) in [5.41, 5.74) is 26.7. The van der Waals surface area contributed by atoms with Crippen LogP contribution in [0.1, 0.15) is 44.5 Å². The average Bonchev–Trinajstić information content (AvgIpc) is 4.30. The Morgan fingerprint density at radius 2 is 0.730 bits per heavy atom. The van der Waals surface area contributed by atoms with Crippen molar-refractivity contribution in [2.75, 3.05) is 4.90 Å². The fourth-order valence-electron chi connectivity index (χ4n) is 14.6. The molecule has 0 aliphatic heterocycles. The van der Waals surface area contributed by atoms with E-state index in [-0.39, 0.29) is 0 Å². The molecule has 2 heteroatoms. The second kappa shape index (κ2) is 14.6. The summed E-state index contributed by atoms with van der Waals surface area (Å²) in [5.74, 6) is 0. The van der Waals surface area contributed by atoms with Gasteiger partial charge in [-0.25, -0.2) is 0 Å². The first-order chi connectivity index (χ1) is 36.7. The minimum absolute atomic E-state index is 0.523. The predicted octanol–water partition coefficient (Wildman–Crippen LogP) is 18.6. The minimum Gasteiger partial charge on any atom is -0.453 e. The summed E-state index contributed by atoms with van der Waals surface area (Å²) in [7, 11) is 0. The van der Waals surface area contributed by atoms with Crippen LogP contribution in [0.4, 0.5) is 17.1 Å². The first-order valence-electron chi connectivity index (χ1n) is 25.8. The summed E-state index contributed by atoms with van der Waals surface area (Å²) in [4.78, 5) is 2.56. The molecule has 4 aliphatic carbocycles. The van der Waals surface area contributed by atoms with Gasteiger partial charge in [0.1, 0.15) is 5.58 Å². The molecule has 0 amide bonds. The van der Waals surface area contributed by atoms with Crippen molar-refractivity contribution in [2.24, 2.45) is 0 Å². The van der Waals surface area contributed by atoms with Gasteiger partial charge in [0.2, 0.25) is 0 Å². The number of rotatable bonds is 4. The maximum absolute atomic E-state index is 7.56. The Bertz CT molecular complexity index is 4460. The summed E-state index contributed by atoms with van der Waals surface area (Å²) < 4.78 is 7.56. The molecule has 1 aromatic heterocycles. The second-order valence-corrected chi connectivity index (χ2v) is 20.5. The minimum atomic E-state index is -0.532. The largest absolute Gasteiger partial charge is 0.453 e. The summed E-state index contributed by atoms with van der Waals surface area (Å²) in [6.07, 6.45) is 0. The molecule has 0 fully saturated rings. The van der Waals surface area contributed by atoms with Gasteiger partial charge in [0.15, 0.2) is 5.58 Å². The SMILES string of the molecule is c1ccc(-c2cccc3c2oc2c(N(c4ccc5c(c4)C4(c6ccccc6-c6ccccc64)c4ccccc4-5)c4cccc5c4-c4ccccc4C54c5ccccc5-c5ccccc54)cc4ccccc4c23)cc1. The smallest absolute Gasteiger partial charge is 0.160 e. The lowest BCUT2D eigenvalue weighted by molar-refractivity contribution is 0.670. The molecular weight excluding hydrogens is 895 g/mol. The van der Waals surface area contributed by atoms with Crippen LogP contribution in [0.3, 0.4) is 0 Å². The topological polar surface area (TPSA) is 16.4 Å². The lowest BCUT2D eigenvalue weighted by Gasteiger charge is -2.33. The Balaban J connectivity index is 1.02. The van der Waals surface area contributed by atoms with Crippen LogP contribution in [-0.4, -0.2) is 0 Å². The Morgan fingerprint density at radius 3 is 1.34 bits per heavy atom. The van der Waals surface area contributed by atoms with Crippen LogP contribution in [0.5, 0.6) is 0 Å². The van der Waals surface area contributed by atoms with Crippen molar-refractivity contribution >= 4 is 49.8 Å². The zero-order chi connectivity index (χ0) is 48.3. The summed E-state index contributed by atoms with van der Waals surface area (Å²) in [5, 5.41) is 4.53. The molecule has 0 N–H and O–H groups in total. The van der Waals surface area contributed by atoms with Crippen LogP contribution in [0.25, 0.3) is 88.3 Å². The Labute approximate surface area is 428 Å². The van der Waals surface area contributed by atoms with E-state index in [1.54, 1.807) is 0 Å². The van der Waals surface area contributed by atoms with Crippen molar-refractivity contribution in [3.05, 3.63) is 305 Å². The highest BCUT2D eigenvalue weighted by Crippen LogP contribution is 2.67. The van der Waals surface area contributed by atoms with Gasteiger partial charge in [-0.1, -0.05) is 237 Å². The highest BCUT2D eigenvalue weighted by atomic mass is 16.3. The van der Waals surface area contributed by atoms with E-state index in [0.717, 1.165) is 55.5 Å². The predicted molar refractivity (Wildman–Crippen MR) is 304 cm³/mol. The monoisotopic (exact) mass is 937 g/mol. The lowest BCUT2D eigenvalue weighted by Crippen LogP contribution is -2.26. The van der Waals surface area contributed by atoms with Gasteiger partial charge in [-0.05, 0) is 124 Å². The zero-order valence-electron chi connectivity index (χ0n) is 40.2. The van der Waals surface area contributed by atoms with Gasteiger partial charge in [0, 0.05) is 27.6 Å². The fourth-order valence-corrected chi connectivity index (χ4v) is 14.6. The van der Waals surface area contributed by atoms with Gasteiger partial charge in [0.25, 0.3) is 0 Å². The number of nitrogens with zero attached hydrogens (tertiary/aromatic N) is 1. The van der Waals surface area contributed by atoms with E-state index in [9.17, 15) is 0 Å². The quantitative estimate of drug-likeness (QED) is 0.175. The summed E-state index contributed by atoms with van der Waals surface area (Å²) in [6.45, 7) is 0. The highest BCUT2D eigenvalue weighted by Gasteiger charge is 2.54. The molecule has 0 unspecified atom stereocenters. The first kappa shape index (κ1) is 40.1. The summed E-state index contributed by atoms with van der Waals surface area (Å²) >= 11 is 0. The fraction of sp³-hybridized carbons (Fsp3) is 0.0278. The molecular formula is C72H43NO. The maximum Gasteiger partial charge on any atom is 0.160 e. The molecule has 2 spiro atoms. The van der Waals surface area contributed by atoms with E-state index >= 15 is 0 Å². The van der Waals surface area contributed by atoms with Crippen LogP contribution in [-0.2, 0) is 10.8 Å². The van der Waals surface area contributed by atoms with Crippen LogP contribution in [0, 0.1) is 0 Å². The molecule has 1 heterocycles. The number of anilines is 3. The van der Waals surface area contributed by atoms with Crippen LogP contribution < -0.4 is 4.90 Å². The Morgan fingerprint density at radius 1 is 0.284 bits per heavy atom. The number of benzene rings is 12. The highest BCUT2D eigenvalue weighted by molar-refractivity contribution is 6.25. The van der Waals surface area contributed by atoms with E-state index in [0.29, 0.717) is 0 Å². The van der Waals surface area contributed by atoms with E-state index in [4.69, 9.17) is 4.42 Å². The zero-order valence-corrected chi connectivity index (χ0v) is 40.2. The number of para-hydroxylation sites is 1. The van der Waals surface area contributed by atoms with Crippen LogP contribution >= 0.6 is 0 Å². The number of hydrogen-bond donors (Lipinski definition) is 0. The third kappa shape index (κ3) is 4.86. The van der Waals surface area contributed by atoms with Crippen molar-refractivity contribution in [3.63, 3.8) is 0 Å². The third-order valence-electron chi connectivity index (χ3n) is 17.3. The van der Waals surface area contributed by atoms with Gasteiger partial charge >= 0.3 is 0 Å². The molecule has 0 saturated carbocycles. The molecule has 17 rings (SSSR count). The molecule has 0 saturated heterocycles. The van der Waals surface area contributed by atoms with Crippen molar-refractivity contribution in [1.29, 1.82) is 0 Å². The molecule has 0 atom stereocenters. The maximum atomic E-state index is 7.56. The third-order valence-corrected chi connectivity index (χ3v) is 17.3. The van der Waals surface area contributed by atoms with Gasteiger partial charge < -0.3 is 9.32 Å². The van der Waals surface area contributed by atoms with E-state index in [1.165, 1.54) is 94.4 Å². The molecule has 2 nitrogen and oxygen atoms in total. The standard InChI is InChI=1S/C72H43NO/c1-2-20-44(21-3-1)48-30-18-31-56-67-47-23-5-4-22-45(47)42-66(70(67)74-69(48)56)73(46-40-41-54-53-28-10-16-36-61(53)72(64(54)43-46)59-34-14-8-26-51(59)52-27-9-15-35-60(52)72)65-39-19-38-63-68(65)55-29-11-17-37-62(55)71(63)57-32-12-6-24-49(57)50-25-7-13-33-58(50)71/h1-43H. The van der Waals surface area contributed by atoms with Gasteiger partial charge in [-0.3, -0.25) is 0 Å². The Hall–Kier alpha value is -9.50. The molecule has 12 aromatic carbocycles. The number of hydrogen-bond acceptors (Lipinski definition) is 2. The molecule has 4 aliphatic rings. The van der Waals surface area contributed by atoms with Crippen molar-refractivity contribution < 1.29 is 4.42 Å². The van der Waals surface area contributed by atoms with Gasteiger partial charge in [0.05, 0.1) is 22.2 Å².